The fourth-order valence-electron chi connectivity index (χ4n) is 2.76. The Morgan fingerprint density at radius 1 is 1.19 bits per heavy atom. The molecule has 0 unspecified atom stereocenters. The van der Waals surface area contributed by atoms with E-state index in [0.717, 1.165) is 5.56 Å². The van der Waals surface area contributed by atoms with Gasteiger partial charge in [0.05, 0.1) is 18.6 Å². The third-order valence-corrected chi connectivity index (χ3v) is 5.47. The highest BCUT2D eigenvalue weighted by molar-refractivity contribution is 7.99. The number of ether oxygens (including phenoxy) is 3. The summed E-state index contributed by atoms with van der Waals surface area (Å²) < 4.78 is 17.0. The average Bonchev–Trinajstić information content (AvgIpc) is 3.41. The van der Waals surface area contributed by atoms with Crippen LogP contribution in [-0.2, 0) is 0 Å². The number of carbonyl (C=O) groups excluding carboxylic acids is 1. The van der Waals surface area contributed by atoms with Crippen molar-refractivity contribution in [2.45, 2.75) is 12.1 Å². The number of anilines is 1. The topological polar surface area (TPSA) is 126 Å². The molecule has 0 amide bonds. The average molecular weight is 440 g/mol. The van der Waals surface area contributed by atoms with Gasteiger partial charge in [-0.15, -0.1) is 10.2 Å². The second kappa shape index (κ2) is 8.96. The summed E-state index contributed by atoms with van der Waals surface area (Å²) in [6, 6.07) is 12.5. The molecule has 3 aromatic rings. The van der Waals surface area contributed by atoms with Gasteiger partial charge in [0.2, 0.25) is 11.9 Å². The molecule has 2 heterocycles. The van der Waals surface area contributed by atoms with Crippen molar-refractivity contribution in [1.82, 2.24) is 14.9 Å². The number of rotatable bonds is 8. The summed E-state index contributed by atoms with van der Waals surface area (Å²) in [6.07, 6.45) is 0. The monoisotopic (exact) mass is 440 g/mol. The van der Waals surface area contributed by atoms with Crippen molar-refractivity contribution in [2.75, 3.05) is 30.9 Å². The largest absolute Gasteiger partial charge is 0.497 e. The van der Waals surface area contributed by atoms with Crippen LogP contribution < -0.4 is 25.5 Å². The Morgan fingerprint density at radius 2 is 1.94 bits per heavy atom. The molecule has 0 radical (unpaired) electrons. The van der Waals surface area contributed by atoms with Gasteiger partial charge in [-0.1, -0.05) is 11.8 Å². The molecule has 160 valence electrons. The first-order valence-corrected chi connectivity index (χ1v) is 10.2. The fourth-order valence-corrected chi connectivity index (χ4v) is 3.51. The number of nitrogen functional groups attached to an aromatic ring is 1. The Balaban J connectivity index is 1.37. The Labute approximate surface area is 182 Å². The van der Waals surface area contributed by atoms with Crippen molar-refractivity contribution in [3.63, 3.8) is 0 Å². The summed E-state index contributed by atoms with van der Waals surface area (Å²) in [6.45, 7) is 2.05. The van der Waals surface area contributed by atoms with Crippen LogP contribution in [0, 0.1) is 0 Å². The van der Waals surface area contributed by atoms with Crippen LogP contribution in [-0.4, -0.2) is 46.0 Å². The molecule has 31 heavy (non-hydrogen) atoms. The third kappa shape index (κ3) is 4.56. The second-order valence-corrected chi connectivity index (χ2v) is 7.44. The summed E-state index contributed by atoms with van der Waals surface area (Å²) >= 11 is 1.19. The third-order valence-electron chi connectivity index (χ3n) is 4.52. The highest BCUT2D eigenvalue weighted by atomic mass is 32.2. The second-order valence-electron chi connectivity index (χ2n) is 6.49. The first-order chi connectivity index (χ1) is 15.0. The molecule has 11 heteroatoms. The minimum absolute atomic E-state index is 0.0539. The number of hydrazone groups is 1. The van der Waals surface area contributed by atoms with Gasteiger partial charge in [-0.2, -0.15) is 5.10 Å². The van der Waals surface area contributed by atoms with Crippen LogP contribution in [0.1, 0.15) is 22.8 Å². The van der Waals surface area contributed by atoms with Gasteiger partial charge < -0.3 is 20.1 Å². The molecule has 0 saturated heterocycles. The lowest BCUT2D eigenvalue weighted by atomic mass is 10.1. The number of hydrogen-bond donors (Lipinski definition) is 2. The van der Waals surface area contributed by atoms with E-state index in [1.54, 1.807) is 31.4 Å². The number of thioether (sulfide) groups is 1. The number of carbonyl (C=O) groups is 1. The van der Waals surface area contributed by atoms with Gasteiger partial charge in [-0.3, -0.25) is 4.79 Å². The summed E-state index contributed by atoms with van der Waals surface area (Å²) in [4.78, 5) is 12.4. The summed E-state index contributed by atoms with van der Waals surface area (Å²) in [5.74, 6) is 8.48. The highest BCUT2D eigenvalue weighted by Gasteiger charge is 2.15. The predicted molar refractivity (Wildman–Crippen MR) is 117 cm³/mol. The Bertz CT molecular complexity index is 1130. The Kier molecular flexibility index (Phi) is 5.94. The van der Waals surface area contributed by atoms with E-state index in [1.165, 1.54) is 16.4 Å². The van der Waals surface area contributed by atoms with Gasteiger partial charge in [0.1, 0.15) is 5.75 Å². The molecule has 0 atom stereocenters. The molecule has 0 bridgehead atoms. The van der Waals surface area contributed by atoms with E-state index in [9.17, 15) is 4.79 Å². The SMILES string of the molecule is COc1ccc(C(=O)CSc2nnc(N/N=C(\C)c3ccc4c(c3)OCO4)n2N)cc1. The van der Waals surface area contributed by atoms with Crippen LogP contribution in [0.25, 0.3) is 0 Å². The van der Waals surface area contributed by atoms with Crippen molar-refractivity contribution in [3.05, 3.63) is 53.6 Å². The Morgan fingerprint density at radius 3 is 2.71 bits per heavy atom. The zero-order chi connectivity index (χ0) is 21.8. The number of fused-ring (bicyclic) bond motifs is 1. The summed E-state index contributed by atoms with van der Waals surface area (Å²) in [5.41, 5.74) is 4.94. The number of nitrogens with zero attached hydrogens (tertiary/aromatic N) is 4. The van der Waals surface area contributed by atoms with Crippen molar-refractivity contribution < 1.29 is 19.0 Å². The summed E-state index contributed by atoms with van der Waals surface area (Å²) in [5, 5.41) is 12.7. The smallest absolute Gasteiger partial charge is 0.264 e. The van der Waals surface area contributed by atoms with E-state index in [-0.39, 0.29) is 24.3 Å². The van der Waals surface area contributed by atoms with Crippen molar-refractivity contribution in [2.24, 2.45) is 5.10 Å². The molecule has 0 fully saturated rings. The minimum atomic E-state index is -0.0539. The molecule has 0 aliphatic carbocycles. The number of aromatic nitrogens is 3. The number of nitrogens with one attached hydrogen (secondary N) is 1. The minimum Gasteiger partial charge on any atom is -0.497 e. The zero-order valence-corrected chi connectivity index (χ0v) is 17.7. The number of hydrogen-bond acceptors (Lipinski definition) is 10. The number of methoxy groups -OCH3 is 1. The van der Waals surface area contributed by atoms with Gasteiger partial charge in [0, 0.05) is 11.1 Å². The quantitative estimate of drug-likeness (QED) is 0.179. The molecule has 0 saturated carbocycles. The van der Waals surface area contributed by atoms with Crippen molar-refractivity contribution >= 4 is 29.2 Å². The number of ketones is 1. The van der Waals surface area contributed by atoms with Gasteiger partial charge in [-0.05, 0) is 49.4 Å². The molecule has 1 aromatic heterocycles. The summed E-state index contributed by atoms with van der Waals surface area (Å²) in [7, 11) is 1.58. The normalized spacial score (nSPS) is 12.6. The molecule has 2 aromatic carbocycles. The zero-order valence-electron chi connectivity index (χ0n) is 16.9. The number of nitrogens with two attached hydrogens (primary N) is 1. The van der Waals surface area contributed by atoms with E-state index in [0.29, 0.717) is 33.7 Å². The van der Waals surface area contributed by atoms with Crippen LogP contribution in [0.5, 0.6) is 17.2 Å². The first kappa shape index (κ1) is 20.5. The van der Waals surface area contributed by atoms with Crippen LogP contribution in [0.15, 0.2) is 52.7 Å². The highest BCUT2D eigenvalue weighted by Crippen LogP contribution is 2.32. The van der Waals surface area contributed by atoms with Crippen molar-refractivity contribution in [1.29, 1.82) is 0 Å². The molecule has 0 spiro atoms. The molecule has 3 N–H and O–H groups in total. The lowest BCUT2D eigenvalue weighted by Crippen LogP contribution is -2.14. The molecular formula is C20H20N6O4S. The molecule has 4 rings (SSSR count). The van der Waals surface area contributed by atoms with Gasteiger partial charge in [-0.25, -0.2) is 10.1 Å². The lowest BCUT2D eigenvalue weighted by Gasteiger charge is -2.05. The van der Waals surface area contributed by atoms with E-state index >= 15 is 0 Å². The van der Waals surface area contributed by atoms with Gasteiger partial charge in [0.25, 0.3) is 5.95 Å². The maximum Gasteiger partial charge on any atom is 0.264 e. The van der Waals surface area contributed by atoms with Crippen LogP contribution in [0.3, 0.4) is 0 Å². The molecule has 1 aliphatic rings. The van der Waals surface area contributed by atoms with E-state index in [2.05, 4.69) is 20.7 Å². The van der Waals surface area contributed by atoms with Gasteiger partial charge >= 0.3 is 0 Å². The standard InChI is InChI=1S/C20H20N6O4S/c1-12(14-5-8-17-18(9-14)30-11-29-17)22-23-19-24-25-20(26(19)21)31-10-16(27)13-3-6-15(28-2)7-4-13/h3-9H,10-11,21H2,1-2H3,(H,23,24)/b22-12+. The lowest BCUT2D eigenvalue weighted by molar-refractivity contribution is 0.102. The van der Waals surface area contributed by atoms with E-state index < -0.39 is 0 Å². The van der Waals surface area contributed by atoms with Crippen LogP contribution in [0.4, 0.5) is 5.95 Å². The van der Waals surface area contributed by atoms with Crippen LogP contribution >= 0.6 is 11.8 Å². The molecule has 1 aliphatic heterocycles. The number of Topliss-reactive ketones (excluding diaryl/α,β-unsaturated/α-hetero) is 1. The number of benzene rings is 2. The maximum absolute atomic E-state index is 12.4. The predicted octanol–water partition coefficient (Wildman–Crippen LogP) is 2.54. The molecular weight excluding hydrogens is 420 g/mol. The first-order valence-electron chi connectivity index (χ1n) is 9.26. The maximum atomic E-state index is 12.4. The van der Waals surface area contributed by atoms with Crippen molar-refractivity contribution in [3.8, 4) is 17.2 Å². The van der Waals surface area contributed by atoms with E-state index in [1.807, 2.05) is 25.1 Å². The van der Waals surface area contributed by atoms with Gasteiger partial charge in [0.15, 0.2) is 17.3 Å². The van der Waals surface area contributed by atoms with Crippen LogP contribution in [0.2, 0.25) is 0 Å². The Hall–Kier alpha value is -3.73. The fraction of sp³-hybridized carbons (Fsp3) is 0.200. The molecule has 10 nitrogen and oxygen atoms in total. The van der Waals surface area contributed by atoms with E-state index in [4.69, 9.17) is 20.1 Å².